The van der Waals surface area contributed by atoms with E-state index < -0.39 is 0 Å². The highest BCUT2D eigenvalue weighted by molar-refractivity contribution is 6.30. The van der Waals surface area contributed by atoms with Crippen molar-refractivity contribution in [1.82, 2.24) is 14.9 Å². The van der Waals surface area contributed by atoms with E-state index in [0.717, 1.165) is 56.4 Å². The second kappa shape index (κ2) is 8.77. The minimum atomic E-state index is 0.125. The average Bonchev–Trinajstić information content (AvgIpc) is 2.80. The van der Waals surface area contributed by atoms with Crippen LogP contribution in [0.5, 0.6) is 0 Å². The second-order valence-corrected chi connectivity index (χ2v) is 8.80. The highest BCUT2D eigenvalue weighted by Crippen LogP contribution is 2.33. The van der Waals surface area contributed by atoms with E-state index in [1.807, 2.05) is 24.3 Å². The predicted octanol–water partition coefficient (Wildman–Crippen LogP) is 4.36. The number of aromatic nitrogens is 2. The molecule has 1 fully saturated rings. The lowest BCUT2D eigenvalue weighted by Crippen LogP contribution is -2.46. The molecule has 5 nitrogen and oxygen atoms in total. The molecule has 1 aromatic heterocycles. The van der Waals surface area contributed by atoms with Crippen molar-refractivity contribution in [3.05, 3.63) is 88.2 Å². The van der Waals surface area contributed by atoms with Crippen molar-refractivity contribution in [2.45, 2.75) is 25.3 Å². The van der Waals surface area contributed by atoms with Gasteiger partial charge in [-0.25, -0.2) is 9.97 Å². The third-order valence-electron chi connectivity index (χ3n) is 6.27. The van der Waals surface area contributed by atoms with E-state index in [4.69, 9.17) is 16.6 Å². The first kappa shape index (κ1) is 20.2. The fourth-order valence-corrected chi connectivity index (χ4v) is 4.63. The SMILES string of the molecule is O=C1CC(c2ccc(Cl)cc2)Cc2nc(N3CCN(Cc4ccccc4)CC3)ncc21. The number of fused-ring (bicyclic) bond motifs is 1. The van der Waals surface area contributed by atoms with Crippen LogP contribution in [0.4, 0.5) is 5.95 Å². The molecule has 3 aromatic rings. The summed E-state index contributed by atoms with van der Waals surface area (Å²) < 4.78 is 0. The molecule has 0 radical (unpaired) electrons. The molecule has 0 bridgehead atoms. The van der Waals surface area contributed by atoms with E-state index in [-0.39, 0.29) is 11.7 Å². The van der Waals surface area contributed by atoms with Gasteiger partial charge in [-0.05, 0) is 35.6 Å². The lowest BCUT2D eigenvalue weighted by molar-refractivity contribution is 0.0962. The number of rotatable bonds is 4. The van der Waals surface area contributed by atoms with E-state index in [1.165, 1.54) is 5.56 Å². The molecule has 2 aliphatic rings. The molecule has 1 atom stereocenters. The first-order valence-corrected chi connectivity index (χ1v) is 11.2. The number of carbonyl (C=O) groups excluding carboxylic acids is 1. The van der Waals surface area contributed by atoms with Gasteiger partial charge in [-0.15, -0.1) is 0 Å². The van der Waals surface area contributed by atoms with Crippen LogP contribution in [0.15, 0.2) is 60.8 Å². The molecule has 0 amide bonds. The molecule has 31 heavy (non-hydrogen) atoms. The Morgan fingerprint density at radius 2 is 1.68 bits per heavy atom. The molecule has 1 unspecified atom stereocenters. The first-order valence-electron chi connectivity index (χ1n) is 10.8. The number of benzene rings is 2. The molecule has 5 rings (SSSR count). The topological polar surface area (TPSA) is 49.3 Å². The van der Waals surface area contributed by atoms with Crippen molar-refractivity contribution in [3.63, 3.8) is 0 Å². The maximum absolute atomic E-state index is 12.7. The van der Waals surface area contributed by atoms with Gasteiger partial charge in [0.05, 0.1) is 11.3 Å². The molecule has 0 spiro atoms. The van der Waals surface area contributed by atoms with E-state index in [9.17, 15) is 4.79 Å². The number of halogens is 1. The van der Waals surface area contributed by atoms with Crippen LogP contribution in [0, 0.1) is 0 Å². The standard InChI is InChI=1S/C25H25ClN4O/c26-21-8-6-19(7-9-21)20-14-23-22(24(31)15-20)16-27-25(28-23)30-12-10-29(11-13-30)17-18-4-2-1-3-5-18/h1-9,16,20H,10-15,17H2. The number of nitrogens with zero attached hydrogens (tertiary/aromatic N) is 4. The summed E-state index contributed by atoms with van der Waals surface area (Å²) in [6.45, 7) is 4.70. The van der Waals surface area contributed by atoms with Crippen LogP contribution in [0.2, 0.25) is 5.02 Å². The van der Waals surface area contributed by atoms with Gasteiger partial charge in [-0.3, -0.25) is 9.69 Å². The van der Waals surface area contributed by atoms with Crippen LogP contribution >= 0.6 is 11.6 Å². The summed E-state index contributed by atoms with van der Waals surface area (Å²) in [7, 11) is 0. The van der Waals surface area contributed by atoms with E-state index >= 15 is 0 Å². The van der Waals surface area contributed by atoms with Gasteiger partial charge in [0.1, 0.15) is 0 Å². The summed E-state index contributed by atoms with van der Waals surface area (Å²) >= 11 is 6.03. The summed E-state index contributed by atoms with van der Waals surface area (Å²) in [5.74, 6) is 1.01. The fourth-order valence-electron chi connectivity index (χ4n) is 4.51. The van der Waals surface area contributed by atoms with Gasteiger partial charge in [-0.2, -0.15) is 0 Å². The predicted molar refractivity (Wildman–Crippen MR) is 123 cm³/mol. The first-order chi connectivity index (χ1) is 15.2. The number of Topliss-reactive ketones (excluding diaryl/α,β-unsaturated/α-hetero) is 1. The number of hydrogen-bond acceptors (Lipinski definition) is 5. The van der Waals surface area contributed by atoms with Gasteiger partial charge in [-0.1, -0.05) is 54.1 Å². The Labute approximate surface area is 187 Å². The largest absolute Gasteiger partial charge is 0.338 e. The zero-order chi connectivity index (χ0) is 21.2. The summed E-state index contributed by atoms with van der Waals surface area (Å²) in [6, 6.07) is 18.4. The van der Waals surface area contributed by atoms with Gasteiger partial charge >= 0.3 is 0 Å². The van der Waals surface area contributed by atoms with Crippen molar-refractivity contribution >= 4 is 23.3 Å². The number of anilines is 1. The van der Waals surface area contributed by atoms with Crippen molar-refractivity contribution in [3.8, 4) is 0 Å². The quantitative estimate of drug-likeness (QED) is 0.612. The second-order valence-electron chi connectivity index (χ2n) is 8.36. The summed E-state index contributed by atoms with van der Waals surface area (Å²) in [4.78, 5) is 26.8. The lowest BCUT2D eigenvalue weighted by atomic mass is 9.82. The third-order valence-corrected chi connectivity index (χ3v) is 6.52. The third kappa shape index (κ3) is 4.48. The number of carbonyl (C=O) groups is 1. The fraction of sp³-hybridized carbons (Fsp3) is 0.320. The molecule has 1 saturated heterocycles. The maximum Gasteiger partial charge on any atom is 0.225 e. The Morgan fingerprint density at radius 1 is 0.935 bits per heavy atom. The molecule has 158 valence electrons. The van der Waals surface area contributed by atoms with Crippen LogP contribution in [-0.4, -0.2) is 46.8 Å². The molecule has 0 N–H and O–H groups in total. The zero-order valence-corrected chi connectivity index (χ0v) is 18.1. The Kier molecular flexibility index (Phi) is 5.70. The number of piperazine rings is 1. The molecular formula is C25H25ClN4O. The Hall–Kier alpha value is -2.76. The van der Waals surface area contributed by atoms with Crippen LogP contribution in [0.3, 0.4) is 0 Å². The highest BCUT2D eigenvalue weighted by Gasteiger charge is 2.29. The van der Waals surface area contributed by atoms with Crippen molar-refractivity contribution < 1.29 is 4.79 Å². The van der Waals surface area contributed by atoms with Crippen molar-refractivity contribution in [2.24, 2.45) is 0 Å². The average molecular weight is 433 g/mol. The van der Waals surface area contributed by atoms with Crippen LogP contribution < -0.4 is 4.90 Å². The molecule has 2 aromatic carbocycles. The zero-order valence-electron chi connectivity index (χ0n) is 17.4. The van der Waals surface area contributed by atoms with Crippen LogP contribution in [-0.2, 0) is 13.0 Å². The van der Waals surface area contributed by atoms with E-state index in [0.29, 0.717) is 17.0 Å². The molecule has 1 aliphatic carbocycles. The Bertz CT molecular complexity index is 1060. The van der Waals surface area contributed by atoms with Crippen molar-refractivity contribution in [2.75, 3.05) is 31.1 Å². The van der Waals surface area contributed by atoms with Gasteiger partial charge in [0, 0.05) is 50.4 Å². The molecule has 1 aliphatic heterocycles. The van der Waals surface area contributed by atoms with Gasteiger partial charge in [0.15, 0.2) is 5.78 Å². The summed E-state index contributed by atoms with van der Waals surface area (Å²) in [6.07, 6.45) is 2.98. The molecular weight excluding hydrogens is 408 g/mol. The van der Waals surface area contributed by atoms with Crippen molar-refractivity contribution in [1.29, 1.82) is 0 Å². The number of ketones is 1. The minimum absolute atomic E-state index is 0.125. The summed E-state index contributed by atoms with van der Waals surface area (Å²) in [5, 5.41) is 0.710. The molecule has 0 saturated carbocycles. The highest BCUT2D eigenvalue weighted by atomic mass is 35.5. The summed E-state index contributed by atoms with van der Waals surface area (Å²) in [5.41, 5.74) is 4.02. The molecule has 6 heteroatoms. The lowest BCUT2D eigenvalue weighted by Gasteiger charge is -2.35. The van der Waals surface area contributed by atoms with E-state index in [2.05, 4.69) is 45.1 Å². The van der Waals surface area contributed by atoms with E-state index in [1.54, 1.807) is 6.20 Å². The Balaban J connectivity index is 1.27. The smallest absolute Gasteiger partial charge is 0.225 e. The normalized spacial score (nSPS) is 19.3. The van der Waals surface area contributed by atoms with Gasteiger partial charge in [0.25, 0.3) is 0 Å². The van der Waals surface area contributed by atoms with Crippen LogP contribution in [0.25, 0.3) is 0 Å². The number of hydrogen-bond donors (Lipinski definition) is 0. The van der Waals surface area contributed by atoms with Gasteiger partial charge < -0.3 is 4.90 Å². The van der Waals surface area contributed by atoms with Gasteiger partial charge in [0.2, 0.25) is 5.95 Å². The monoisotopic (exact) mass is 432 g/mol. The molecule has 2 heterocycles. The minimum Gasteiger partial charge on any atom is -0.338 e. The Morgan fingerprint density at radius 3 is 2.42 bits per heavy atom. The van der Waals surface area contributed by atoms with Crippen LogP contribution in [0.1, 0.15) is 39.5 Å². The maximum atomic E-state index is 12.7.